The molecule has 0 saturated heterocycles. The highest BCUT2D eigenvalue weighted by Crippen LogP contribution is 2.24. The number of pyridine rings is 1. The molecule has 2 heterocycles. The molecule has 1 aliphatic carbocycles. The molecule has 1 N–H and O–H groups in total. The van der Waals surface area contributed by atoms with Gasteiger partial charge in [0, 0.05) is 12.2 Å². The van der Waals surface area contributed by atoms with Gasteiger partial charge in [-0.2, -0.15) is 0 Å². The van der Waals surface area contributed by atoms with Crippen molar-refractivity contribution in [2.45, 2.75) is 18.9 Å². The van der Waals surface area contributed by atoms with E-state index in [0.717, 1.165) is 11.5 Å². The molecular weight excluding hydrogens is 162 g/mol. The molecule has 1 saturated carbocycles. The molecule has 0 aromatic carbocycles. The van der Waals surface area contributed by atoms with Gasteiger partial charge in [-0.15, -0.1) is 0 Å². The second kappa shape index (κ2) is 2.49. The number of nitrogens with zero attached hydrogens (tertiary/aromatic N) is 2. The molecule has 0 aliphatic heterocycles. The van der Waals surface area contributed by atoms with Crippen LogP contribution < -0.4 is 5.32 Å². The zero-order chi connectivity index (χ0) is 8.67. The molecule has 0 amide bonds. The maximum absolute atomic E-state index is 4.33. The standard InChI is InChI=1S/C10H11N3/c1-2-6-13-9(3-1)7-11-10(13)12-8-4-5-8/h1-3,6-8H,4-5H2,(H,11,12). The minimum Gasteiger partial charge on any atom is -0.353 e. The van der Waals surface area contributed by atoms with E-state index in [9.17, 15) is 0 Å². The molecule has 2 aromatic heterocycles. The quantitative estimate of drug-likeness (QED) is 0.751. The first kappa shape index (κ1) is 6.95. The Bertz CT molecular complexity index is 428. The van der Waals surface area contributed by atoms with E-state index in [4.69, 9.17) is 0 Å². The van der Waals surface area contributed by atoms with Gasteiger partial charge in [0.15, 0.2) is 0 Å². The molecule has 0 radical (unpaired) electrons. The SMILES string of the molecule is c1ccn2c(NC3CC3)ncc2c1. The van der Waals surface area contributed by atoms with Gasteiger partial charge in [-0.3, -0.25) is 4.40 Å². The molecule has 66 valence electrons. The van der Waals surface area contributed by atoms with Gasteiger partial charge in [-0.1, -0.05) is 6.07 Å². The summed E-state index contributed by atoms with van der Waals surface area (Å²) in [4.78, 5) is 4.33. The van der Waals surface area contributed by atoms with Gasteiger partial charge in [0.2, 0.25) is 5.95 Å². The Hall–Kier alpha value is -1.51. The van der Waals surface area contributed by atoms with E-state index < -0.39 is 0 Å². The number of imidazole rings is 1. The molecule has 0 atom stereocenters. The van der Waals surface area contributed by atoms with Gasteiger partial charge in [0.1, 0.15) is 0 Å². The van der Waals surface area contributed by atoms with Crippen molar-refractivity contribution in [3.05, 3.63) is 30.6 Å². The number of fused-ring (bicyclic) bond motifs is 1. The largest absolute Gasteiger partial charge is 0.353 e. The molecule has 3 rings (SSSR count). The molecule has 1 fully saturated rings. The average molecular weight is 173 g/mol. The number of anilines is 1. The highest BCUT2D eigenvalue weighted by Gasteiger charge is 2.22. The zero-order valence-electron chi connectivity index (χ0n) is 7.27. The van der Waals surface area contributed by atoms with E-state index in [2.05, 4.69) is 20.8 Å². The Labute approximate surface area is 76.4 Å². The fraction of sp³-hybridized carbons (Fsp3) is 0.300. The van der Waals surface area contributed by atoms with E-state index in [1.165, 1.54) is 12.8 Å². The fourth-order valence-corrected chi connectivity index (χ4v) is 1.46. The van der Waals surface area contributed by atoms with Crippen LogP contribution in [0.3, 0.4) is 0 Å². The third-order valence-corrected chi connectivity index (χ3v) is 2.35. The van der Waals surface area contributed by atoms with Crippen LogP contribution in [0, 0.1) is 0 Å². The highest BCUT2D eigenvalue weighted by molar-refractivity contribution is 5.52. The van der Waals surface area contributed by atoms with Crippen molar-refractivity contribution >= 4 is 11.5 Å². The van der Waals surface area contributed by atoms with Crippen molar-refractivity contribution in [2.24, 2.45) is 0 Å². The number of hydrogen-bond acceptors (Lipinski definition) is 2. The lowest BCUT2D eigenvalue weighted by Crippen LogP contribution is -2.04. The van der Waals surface area contributed by atoms with Crippen LogP contribution in [0.25, 0.3) is 5.52 Å². The molecule has 1 aliphatic rings. The van der Waals surface area contributed by atoms with Crippen LogP contribution in [0.15, 0.2) is 30.6 Å². The Morgan fingerprint density at radius 3 is 3.15 bits per heavy atom. The van der Waals surface area contributed by atoms with Crippen molar-refractivity contribution in [1.82, 2.24) is 9.38 Å². The minimum atomic E-state index is 0.658. The van der Waals surface area contributed by atoms with Gasteiger partial charge >= 0.3 is 0 Å². The summed E-state index contributed by atoms with van der Waals surface area (Å²) >= 11 is 0. The summed E-state index contributed by atoms with van der Waals surface area (Å²) in [6.07, 6.45) is 6.49. The van der Waals surface area contributed by atoms with E-state index in [1.807, 2.05) is 24.5 Å². The van der Waals surface area contributed by atoms with Crippen LogP contribution in [-0.2, 0) is 0 Å². The van der Waals surface area contributed by atoms with Crippen molar-refractivity contribution < 1.29 is 0 Å². The van der Waals surface area contributed by atoms with Crippen LogP contribution >= 0.6 is 0 Å². The van der Waals surface area contributed by atoms with E-state index >= 15 is 0 Å². The maximum Gasteiger partial charge on any atom is 0.207 e. The monoisotopic (exact) mass is 173 g/mol. The normalized spacial score (nSPS) is 16.3. The Morgan fingerprint density at radius 2 is 2.31 bits per heavy atom. The minimum absolute atomic E-state index is 0.658. The van der Waals surface area contributed by atoms with E-state index in [1.54, 1.807) is 0 Å². The lowest BCUT2D eigenvalue weighted by Gasteiger charge is -2.01. The predicted molar refractivity (Wildman–Crippen MR) is 51.8 cm³/mol. The zero-order valence-corrected chi connectivity index (χ0v) is 7.27. The summed E-state index contributed by atoms with van der Waals surface area (Å²) in [5.74, 6) is 0.970. The third-order valence-electron chi connectivity index (χ3n) is 2.35. The summed E-state index contributed by atoms with van der Waals surface area (Å²) < 4.78 is 2.08. The molecule has 0 bridgehead atoms. The van der Waals surface area contributed by atoms with E-state index in [0.29, 0.717) is 6.04 Å². The maximum atomic E-state index is 4.33. The third kappa shape index (κ3) is 1.16. The fourth-order valence-electron chi connectivity index (χ4n) is 1.46. The molecule has 3 heteroatoms. The summed E-state index contributed by atoms with van der Waals surface area (Å²) in [7, 11) is 0. The highest BCUT2D eigenvalue weighted by atomic mass is 15.2. The van der Waals surface area contributed by atoms with Crippen LogP contribution in [0.4, 0.5) is 5.95 Å². The number of rotatable bonds is 2. The van der Waals surface area contributed by atoms with Crippen LogP contribution in [0.2, 0.25) is 0 Å². The van der Waals surface area contributed by atoms with Crippen molar-refractivity contribution in [3.63, 3.8) is 0 Å². The van der Waals surface area contributed by atoms with Gasteiger partial charge in [0.05, 0.1) is 11.7 Å². The van der Waals surface area contributed by atoms with Crippen LogP contribution in [-0.4, -0.2) is 15.4 Å². The summed E-state index contributed by atoms with van der Waals surface area (Å²) in [5, 5.41) is 3.39. The summed E-state index contributed by atoms with van der Waals surface area (Å²) in [6, 6.07) is 6.77. The predicted octanol–water partition coefficient (Wildman–Crippen LogP) is 1.91. The molecule has 0 spiro atoms. The second-order valence-corrected chi connectivity index (χ2v) is 3.50. The molecule has 3 nitrogen and oxygen atoms in total. The topological polar surface area (TPSA) is 29.3 Å². The lowest BCUT2D eigenvalue weighted by atomic mass is 10.4. The second-order valence-electron chi connectivity index (χ2n) is 3.50. The van der Waals surface area contributed by atoms with Crippen LogP contribution in [0.5, 0.6) is 0 Å². The first-order valence-corrected chi connectivity index (χ1v) is 4.62. The molecule has 2 aromatic rings. The van der Waals surface area contributed by atoms with Crippen LogP contribution in [0.1, 0.15) is 12.8 Å². The summed E-state index contributed by atoms with van der Waals surface area (Å²) in [6.45, 7) is 0. The Kier molecular flexibility index (Phi) is 1.33. The van der Waals surface area contributed by atoms with Crippen molar-refractivity contribution in [3.8, 4) is 0 Å². The van der Waals surface area contributed by atoms with E-state index in [-0.39, 0.29) is 0 Å². The number of hydrogen-bond donors (Lipinski definition) is 1. The first-order valence-electron chi connectivity index (χ1n) is 4.62. The smallest absolute Gasteiger partial charge is 0.207 e. The Balaban J connectivity index is 2.06. The molecule has 13 heavy (non-hydrogen) atoms. The first-order chi connectivity index (χ1) is 6.43. The number of nitrogens with one attached hydrogen (secondary N) is 1. The van der Waals surface area contributed by atoms with Gasteiger partial charge in [-0.25, -0.2) is 4.98 Å². The Morgan fingerprint density at radius 1 is 1.38 bits per heavy atom. The molecular formula is C10H11N3. The molecule has 0 unspecified atom stereocenters. The van der Waals surface area contributed by atoms with Gasteiger partial charge < -0.3 is 5.32 Å². The van der Waals surface area contributed by atoms with Crippen molar-refractivity contribution in [1.29, 1.82) is 0 Å². The van der Waals surface area contributed by atoms with Gasteiger partial charge in [0.25, 0.3) is 0 Å². The van der Waals surface area contributed by atoms with Gasteiger partial charge in [-0.05, 0) is 25.0 Å². The number of aromatic nitrogens is 2. The average Bonchev–Trinajstić information content (AvgIpc) is 2.88. The lowest BCUT2D eigenvalue weighted by molar-refractivity contribution is 1.05. The summed E-state index contributed by atoms with van der Waals surface area (Å²) in [5.41, 5.74) is 1.14. The van der Waals surface area contributed by atoms with Crippen molar-refractivity contribution in [2.75, 3.05) is 5.32 Å².